The topological polar surface area (TPSA) is 49.8 Å². The predicted octanol–water partition coefficient (Wildman–Crippen LogP) is 1.93. The summed E-state index contributed by atoms with van der Waals surface area (Å²) in [5.41, 5.74) is 1.15. The molecule has 4 nitrogen and oxygen atoms in total. The van der Waals surface area contributed by atoms with Crippen molar-refractivity contribution in [3.63, 3.8) is 0 Å². The van der Waals surface area contributed by atoms with Crippen LogP contribution in [0.2, 0.25) is 5.02 Å². The zero-order valence-corrected chi connectivity index (χ0v) is 12.7. The Morgan fingerprint density at radius 3 is 3.10 bits per heavy atom. The van der Waals surface area contributed by atoms with E-state index in [2.05, 4.69) is 11.8 Å². The maximum Gasteiger partial charge on any atom is 0.253 e. The van der Waals surface area contributed by atoms with Crippen LogP contribution in [0.25, 0.3) is 0 Å². The average Bonchev–Trinajstić information content (AvgIpc) is 2.70. The molecular weight excluding hydrogens is 290 g/mol. The molecule has 0 saturated carbocycles. The lowest BCUT2D eigenvalue weighted by atomic mass is 10.1. The summed E-state index contributed by atoms with van der Waals surface area (Å²) in [6.07, 6.45) is 0.880. The summed E-state index contributed by atoms with van der Waals surface area (Å²) >= 11 is 6.13. The highest BCUT2D eigenvalue weighted by Crippen LogP contribution is 2.19. The van der Waals surface area contributed by atoms with Gasteiger partial charge in [0.1, 0.15) is 6.61 Å². The molecule has 1 amide bonds. The number of nitrogens with zero attached hydrogens (tertiary/aromatic N) is 1. The SMILES string of the molecule is CC1CN(C(=O)c2ccc(C#CCO)c(Cl)c2)CCCO1. The van der Waals surface area contributed by atoms with Crippen LogP contribution in [0.4, 0.5) is 0 Å². The first-order valence-corrected chi connectivity index (χ1v) is 7.29. The molecule has 0 radical (unpaired) electrons. The molecule has 1 aromatic rings. The molecule has 1 aromatic carbocycles. The van der Waals surface area contributed by atoms with Crippen molar-refractivity contribution >= 4 is 17.5 Å². The molecular formula is C16H18ClNO3. The second kappa shape index (κ2) is 7.46. The van der Waals surface area contributed by atoms with Crippen molar-refractivity contribution in [1.29, 1.82) is 0 Å². The van der Waals surface area contributed by atoms with Crippen molar-refractivity contribution in [2.24, 2.45) is 0 Å². The number of halogens is 1. The van der Waals surface area contributed by atoms with Crippen LogP contribution in [0.1, 0.15) is 29.3 Å². The highest BCUT2D eigenvalue weighted by atomic mass is 35.5. The standard InChI is InChI=1S/C16H18ClNO3/c1-12-11-18(7-3-9-21-12)16(20)14-6-5-13(4-2-8-19)15(17)10-14/h5-6,10,12,19H,3,7-9,11H2,1H3. The van der Waals surface area contributed by atoms with Crippen LogP contribution in [0, 0.1) is 11.8 Å². The van der Waals surface area contributed by atoms with Gasteiger partial charge in [0, 0.05) is 30.8 Å². The van der Waals surface area contributed by atoms with Crippen molar-refractivity contribution < 1.29 is 14.6 Å². The molecule has 1 unspecified atom stereocenters. The quantitative estimate of drug-likeness (QED) is 0.807. The van der Waals surface area contributed by atoms with Crippen molar-refractivity contribution in [2.45, 2.75) is 19.4 Å². The van der Waals surface area contributed by atoms with Gasteiger partial charge in [0.25, 0.3) is 5.91 Å². The first-order chi connectivity index (χ1) is 10.1. The molecule has 5 heteroatoms. The van der Waals surface area contributed by atoms with E-state index in [1.54, 1.807) is 23.1 Å². The van der Waals surface area contributed by atoms with Gasteiger partial charge in [-0.05, 0) is 31.5 Å². The van der Waals surface area contributed by atoms with Crippen LogP contribution in [-0.2, 0) is 4.74 Å². The number of carbonyl (C=O) groups excluding carboxylic acids is 1. The summed E-state index contributed by atoms with van der Waals surface area (Å²) in [7, 11) is 0. The maximum absolute atomic E-state index is 12.5. The van der Waals surface area contributed by atoms with Crippen molar-refractivity contribution in [3.05, 3.63) is 34.3 Å². The minimum absolute atomic E-state index is 0.0432. The number of amides is 1. The fraction of sp³-hybridized carbons (Fsp3) is 0.438. The Balaban J connectivity index is 2.17. The second-order valence-corrected chi connectivity index (χ2v) is 5.35. The fourth-order valence-corrected chi connectivity index (χ4v) is 2.47. The Hall–Kier alpha value is -1.54. The molecule has 21 heavy (non-hydrogen) atoms. The minimum Gasteiger partial charge on any atom is -0.384 e. The van der Waals surface area contributed by atoms with E-state index in [4.69, 9.17) is 21.4 Å². The number of rotatable bonds is 1. The van der Waals surface area contributed by atoms with E-state index in [1.165, 1.54) is 0 Å². The molecule has 1 fully saturated rings. The lowest BCUT2D eigenvalue weighted by molar-refractivity contribution is 0.0563. The Morgan fingerprint density at radius 2 is 2.38 bits per heavy atom. The van der Waals surface area contributed by atoms with Gasteiger partial charge < -0.3 is 14.7 Å². The van der Waals surface area contributed by atoms with Crippen LogP contribution in [0.3, 0.4) is 0 Å². The molecule has 1 saturated heterocycles. The van der Waals surface area contributed by atoms with Gasteiger partial charge in [-0.25, -0.2) is 0 Å². The largest absolute Gasteiger partial charge is 0.384 e. The number of aliphatic hydroxyl groups is 1. The van der Waals surface area contributed by atoms with Gasteiger partial charge >= 0.3 is 0 Å². The molecule has 0 bridgehead atoms. The predicted molar refractivity (Wildman–Crippen MR) is 81.4 cm³/mol. The van der Waals surface area contributed by atoms with Crippen molar-refractivity contribution in [1.82, 2.24) is 4.90 Å². The Bertz CT molecular complexity index is 577. The van der Waals surface area contributed by atoms with E-state index in [0.29, 0.717) is 35.8 Å². The lowest BCUT2D eigenvalue weighted by Crippen LogP contribution is -2.35. The number of carbonyl (C=O) groups is 1. The van der Waals surface area contributed by atoms with Gasteiger partial charge in [-0.1, -0.05) is 23.4 Å². The number of ether oxygens (including phenoxy) is 1. The minimum atomic E-state index is -0.220. The smallest absolute Gasteiger partial charge is 0.253 e. The second-order valence-electron chi connectivity index (χ2n) is 4.94. The van der Waals surface area contributed by atoms with Crippen LogP contribution in [0.15, 0.2) is 18.2 Å². The summed E-state index contributed by atoms with van der Waals surface area (Å²) in [4.78, 5) is 14.3. The zero-order valence-electron chi connectivity index (χ0n) is 11.9. The molecule has 1 aliphatic heterocycles. The number of benzene rings is 1. The van der Waals surface area contributed by atoms with E-state index in [9.17, 15) is 4.79 Å². The highest BCUT2D eigenvalue weighted by Gasteiger charge is 2.21. The van der Waals surface area contributed by atoms with E-state index >= 15 is 0 Å². The van der Waals surface area contributed by atoms with E-state index in [1.807, 2.05) is 6.92 Å². The molecule has 0 aromatic heterocycles. The van der Waals surface area contributed by atoms with Gasteiger partial charge in [-0.15, -0.1) is 0 Å². The summed E-state index contributed by atoms with van der Waals surface area (Å²) in [5.74, 6) is 5.24. The summed E-state index contributed by atoms with van der Waals surface area (Å²) in [6, 6.07) is 5.05. The van der Waals surface area contributed by atoms with Gasteiger partial charge in [0.2, 0.25) is 0 Å². The van der Waals surface area contributed by atoms with Crippen LogP contribution >= 0.6 is 11.6 Å². The average molecular weight is 308 g/mol. The first-order valence-electron chi connectivity index (χ1n) is 6.92. The third kappa shape index (κ3) is 4.21. The van der Waals surface area contributed by atoms with E-state index < -0.39 is 0 Å². The van der Waals surface area contributed by atoms with Gasteiger partial charge in [0.05, 0.1) is 11.1 Å². The maximum atomic E-state index is 12.5. The van der Waals surface area contributed by atoms with E-state index in [0.717, 1.165) is 6.42 Å². The normalized spacial score (nSPS) is 18.6. The Morgan fingerprint density at radius 1 is 1.57 bits per heavy atom. The Kier molecular flexibility index (Phi) is 5.63. The van der Waals surface area contributed by atoms with Gasteiger partial charge in [-0.2, -0.15) is 0 Å². The van der Waals surface area contributed by atoms with Crippen LogP contribution in [0.5, 0.6) is 0 Å². The molecule has 2 rings (SSSR count). The number of hydrogen-bond acceptors (Lipinski definition) is 3. The van der Waals surface area contributed by atoms with Crippen molar-refractivity contribution in [2.75, 3.05) is 26.3 Å². The zero-order chi connectivity index (χ0) is 15.2. The first kappa shape index (κ1) is 15.8. The lowest BCUT2D eigenvalue weighted by Gasteiger charge is -2.22. The number of hydrogen-bond donors (Lipinski definition) is 1. The molecule has 1 atom stereocenters. The summed E-state index contributed by atoms with van der Waals surface area (Å²) in [6.45, 7) is 3.70. The molecule has 1 heterocycles. The van der Waals surface area contributed by atoms with Crippen LogP contribution in [-0.4, -0.2) is 48.3 Å². The monoisotopic (exact) mass is 307 g/mol. The third-order valence-electron chi connectivity index (χ3n) is 3.26. The summed E-state index contributed by atoms with van der Waals surface area (Å²) in [5, 5.41) is 9.11. The third-order valence-corrected chi connectivity index (χ3v) is 3.57. The number of aliphatic hydroxyl groups excluding tert-OH is 1. The molecule has 1 aliphatic rings. The molecule has 112 valence electrons. The van der Waals surface area contributed by atoms with Gasteiger partial charge in [-0.3, -0.25) is 4.79 Å². The van der Waals surface area contributed by atoms with Gasteiger partial charge in [0.15, 0.2) is 0 Å². The molecule has 1 N–H and O–H groups in total. The molecule has 0 aliphatic carbocycles. The van der Waals surface area contributed by atoms with Crippen LogP contribution < -0.4 is 0 Å². The molecule has 0 spiro atoms. The van der Waals surface area contributed by atoms with Crippen molar-refractivity contribution in [3.8, 4) is 11.8 Å². The summed E-state index contributed by atoms with van der Waals surface area (Å²) < 4.78 is 5.54. The van der Waals surface area contributed by atoms with E-state index in [-0.39, 0.29) is 18.6 Å². The highest BCUT2D eigenvalue weighted by molar-refractivity contribution is 6.32. The fourth-order valence-electron chi connectivity index (χ4n) is 2.25. The Labute approximate surface area is 129 Å².